The molecule has 17 heavy (non-hydrogen) atoms. The van der Waals surface area contributed by atoms with Gasteiger partial charge in [0.2, 0.25) is 0 Å². The van der Waals surface area contributed by atoms with E-state index in [0.29, 0.717) is 0 Å². The number of nitrogens with zero attached hydrogens (tertiary/aromatic N) is 1. The summed E-state index contributed by atoms with van der Waals surface area (Å²) < 4.78 is 0. The van der Waals surface area contributed by atoms with E-state index in [2.05, 4.69) is 31.1 Å². The molecule has 2 fully saturated rings. The lowest BCUT2D eigenvalue weighted by molar-refractivity contribution is 0.331. The Hall–Kier alpha value is -0.0800. The fraction of sp³-hybridized carbons (Fsp3) is 1.00. The van der Waals surface area contributed by atoms with Crippen molar-refractivity contribution in [2.45, 2.75) is 79.3 Å². The first-order valence-corrected chi connectivity index (χ1v) is 7.64. The summed E-state index contributed by atoms with van der Waals surface area (Å²) >= 11 is 0. The van der Waals surface area contributed by atoms with Crippen molar-refractivity contribution in [3.8, 4) is 0 Å². The second-order valence-corrected chi connectivity index (χ2v) is 4.47. The number of likely N-dealkylation sites (tertiary alicyclic amines) is 1. The second-order valence-electron chi connectivity index (χ2n) is 4.47. The second kappa shape index (κ2) is 14.0. The van der Waals surface area contributed by atoms with Gasteiger partial charge in [0.05, 0.1) is 0 Å². The molecular weight excluding hydrogens is 208 g/mol. The van der Waals surface area contributed by atoms with Gasteiger partial charge in [-0.1, -0.05) is 27.7 Å². The van der Waals surface area contributed by atoms with Crippen molar-refractivity contribution in [2.24, 2.45) is 0 Å². The number of nitrogens with one attached hydrogen (secondary N) is 1. The molecule has 2 unspecified atom stereocenters. The molecule has 2 aliphatic rings. The zero-order valence-electron chi connectivity index (χ0n) is 13.3. The Labute approximate surface area is 110 Å². The summed E-state index contributed by atoms with van der Waals surface area (Å²) in [5, 5.41) is 3.32. The van der Waals surface area contributed by atoms with Gasteiger partial charge in [-0.15, -0.1) is 0 Å². The smallest absolute Gasteiger partial charge is 0.00643 e. The van der Waals surface area contributed by atoms with Crippen LogP contribution in [0.1, 0.15) is 67.2 Å². The average molecular weight is 244 g/mol. The standard InChI is InChI=1S/C6H13N.C5H11N.2C2H6/c1-6-4-3-5-7(6)2;1-5-3-2-4-6-5;2*1-2/h6H,3-5H2,1-2H3;5-6H,2-4H2,1H3;2*1-2H3. The highest BCUT2D eigenvalue weighted by atomic mass is 15.1. The number of rotatable bonds is 0. The summed E-state index contributed by atoms with van der Waals surface area (Å²) in [4.78, 5) is 2.40. The van der Waals surface area contributed by atoms with Gasteiger partial charge in [0, 0.05) is 12.1 Å². The summed E-state index contributed by atoms with van der Waals surface area (Å²) in [6.45, 7) is 15.1. The van der Waals surface area contributed by atoms with E-state index < -0.39 is 0 Å². The molecule has 0 amide bonds. The predicted molar refractivity (Wildman–Crippen MR) is 80.7 cm³/mol. The van der Waals surface area contributed by atoms with Crippen molar-refractivity contribution in [2.75, 3.05) is 20.1 Å². The quantitative estimate of drug-likeness (QED) is 0.695. The minimum atomic E-state index is 0.796. The Bertz CT molecular complexity index is 123. The van der Waals surface area contributed by atoms with Crippen LogP contribution in [0.5, 0.6) is 0 Å². The highest BCUT2D eigenvalue weighted by Crippen LogP contribution is 2.12. The number of hydrogen-bond acceptors (Lipinski definition) is 2. The lowest BCUT2D eigenvalue weighted by Gasteiger charge is -2.12. The van der Waals surface area contributed by atoms with Crippen LogP contribution in [-0.4, -0.2) is 37.1 Å². The van der Waals surface area contributed by atoms with Crippen LogP contribution >= 0.6 is 0 Å². The fourth-order valence-electron chi connectivity index (χ4n) is 1.94. The van der Waals surface area contributed by atoms with E-state index in [0.717, 1.165) is 12.1 Å². The zero-order chi connectivity index (χ0) is 13.7. The van der Waals surface area contributed by atoms with Crippen molar-refractivity contribution in [1.29, 1.82) is 0 Å². The Balaban J connectivity index is 0. The topological polar surface area (TPSA) is 15.3 Å². The van der Waals surface area contributed by atoms with E-state index in [1.54, 1.807) is 0 Å². The van der Waals surface area contributed by atoms with Crippen LogP contribution in [0, 0.1) is 0 Å². The minimum Gasteiger partial charge on any atom is -0.314 e. The molecule has 0 bridgehead atoms. The lowest BCUT2D eigenvalue weighted by Crippen LogP contribution is -2.20. The van der Waals surface area contributed by atoms with Gasteiger partial charge in [-0.3, -0.25) is 0 Å². The number of hydrogen-bond donors (Lipinski definition) is 1. The van der Waals surface area contributed by atoms with E-state index in [9.17, 15) is 0 Å². The third-order valence-electron chi connectivity index (χ3n) is 3.19. The molecule has 2 nitrogen and oxygen atoms in total. The molecule has 2 heteroatoms. The largest absolute Gasteiger partial charge is 0.314 e. The highest BCUT2D eigenvalue weighted by Gasteiger charge is 2.14. The van der Waals surface area contributed by atoms with Crippen LogP contribution in [0.4, 0.5) is 0 Å². The molecule has 2 atom stereocenters. The predicted octanol–water partition coefficient (Wildman–Crippen LogP) is 3.91. The molecule has 2 saturated heterocycles. The van der Waals surface area contributed by atoms with Crippen LogP contribution in [0.3, 0.4) is 0 Å². The van der Waals surface area contributed by atoms with Crippen molar-refractivity contribution in [3.63, 3.8) is 0 Å². The highest BCUT2D eigenvalue weighted by molar-refractivity contribution is 4.70. The van der Waals surface area contributed by atoms with Gasteiger partial charge in [0.15, 0.2) is 0 Å². The molecule has 0 radical (unpaired) electrons. The average Bonchev–Trinajstić information content (AvgIpc) is 2.98. The first-order chi connectivity index (χ1) is 8.20. The summed E-state index contributed by atoms with van der Waals surface area (Å²) in [6, 6.07) is 1.64. The Morgan fingerprint density at radius 3 is 1.65 bits per heavy atom. The first-order valence-electron chi connectivity index (χ1n) is 7.64. The molecule has 0 saturated carbocycles. The maximum absolute atomic E-state index is 3.32. The van der Waals surface area contributed by atoms with E-state index in [4.69, 9.17) is 0 Å². The molecule has 2 rings (SSSR count). The monoisotopic (exact) mass is 244 g/mol. The van der Waals surface area contributed by atoms with E-state index in [-0.39, 0.29) is 0 Å². The van der Waals surface area contributed by atoms with E-state index >= 15 is 0 Å². The Morgan fingerprint density at radius 1 is 0.941 bits per heavy atom. The van der Waals surface area contributed by atoms with Crippen LogP contribution < -0.4 is 5.32 Å². The van der Waals surface area contributed by atoms with E-state index in [1.807, 2.05) is 27.7 Å². The maximum Gasteiger partial charge on any atom is 0.00643 e. The molecule has 106 valence electrons. The molecule has 0 aromatic heterocycles. The molecule has 0 spiro atoms. The minimum absolute atomic E-state index is 0.796. The fourth-order valence-corrected chi connectivity index (χ4v) is 1.94. The van der Waals surface area contributed by atoms with Crippen LogP contribution in [0.15, 0.2) is 0 Å². The summed E-state index contributed by atoms with van der Waals surface area (Å²) in [6.07, 6.45) is 5.55. The molecule has 2 heterocycles. The normalized spacial score (nSPS) is 27.0. The summed E-state index contributed by atoms with van der Waals surface area (Å²) in [7, 11) is 2.19. The first kappa shape index (κ1) is 19.3. The molecule has 1 N–H and O–H groups in total. The molecule has 0 aromatic rings. The van der Waals surface area contributed by atoms with Gasteiger partial charge in [0.1, 0.15) is 0 Å². The van der Waals surface area contributed by atoms with Gasteiger partial charge < -0.3 is 10.2 Å². The molecule has 0 aromatic carbocycles. The maximum atomic E-state index is 3.32. The zero-order valence-corrected chi connectivity index (χ0v) is 13.3. The molecule has 2 aliphatic heterocycles. The van der Waals surface area contributed by atoms with Crippen LogP contribution in [-0.2, 0) is 0 Å². The Morgan fingerprint density at radius 2 is 1.53 bits per heavy atom. The van der Waals surface area contributed by atoms with Crippen molar-refractivity contribution >= 4 is 0 Å². The third-order valence-corrected chi connectivity index (χ3v) is 3.19. The van der Waals surface area contributed by atoms with Gasteiger partial charge in [-0.2, -0.15) is 0 Å². The third kappa shape index (κ3) is 10.8. The van der Waals surface area contributed by atoms with E-state index in [1.165, 1.54) is 38.8 Å². The van der Waals surface area contributed by atoms with Crippen LogP contribution in [0.25, 0.3) is 0 Å². The van der Waals surface area contributed by atoms with Crippen LogP contribution in [0.2, 0.25) is 0 Å². The summed E-state index contributed by atoms with van der Waals surface area (Å²) in [5.74, 6) is 0. The van der Waals surface area contributed by atoms with Gasteiger partial charge in [0.25, 0.3) is 0 Å². The van der Waals surface area contributed by atoms with Crippen molar-refractivity contribution in [3.05, 3.63) is 0 Å². The summed E-state index contributed by atoms with van der Waals surface area (Å²) in [5.41, 5.74) is 0. The van der Waals surface area contributed by atoms with Gasteiger partial charge in [-0.05, 0) is 59.7 Å². The SMILES string of the molecule is CC.CC.CC1CCCN1.CC1CCCN1C. The molecule has 0 aliphatic carbocycles. The molecular formula is C15H36N2. The van der Waals surface area contributed by atoms with Gasteiger partial charge in [-0.25, -0.2) is 0 Å². The Kier molecular flexibility index (Phi) is 15.8. The van der Waals surface area contributed by atoms with Gasteiger partial charge >= 0.3 is 0 Å². The lowest BCUT2D eigenvalue weighted by atomic mass is 10.3. The van der Waals surface area contributed by atoms with Crippen molar-refractivity contribution in [1.82, 2.24) is 10.2 Å². The van der Waals surface area contributed by atoms with Crippen molar-refractivity contribution < 1.29 is 0 Å².